The first-order valence-electron chi connectivity index (χ1n) is 7.54. The largest absolute Gasteiger partial charge is 0.495 e. The maximum absolute atomic E-state index is 12.3. The van der Waals surface area contributed by atoms with E-state index in [2.05, 4.69) is 5.32 Å². The Bertz CT molecular complexity index is 681. The van der Waals surface area contributed by atoms with Gasteiger partial charge in [-0.05, 0) is 18.2 Å². The lowest BCUT2D eigenvalue weighted by atomic mass is 10.1. The summed E-state index contributed by atoms with van der Waals surface area (Å²) in [5.41, 5.74) is 0.496. The number of carbonyl (C=O) groups is 3. The van der Waals surface area contributed by atoms with Gasteiger partial charge in [0.2, 0.25) is 11.8 Å². The first kappa shape index (κ1) is 19.0. The highest BCUT2D eigenvalue weighted by Gasteiger charge is 2.36. The number of hydrogen-bond donors (Lipinski definition) is 2. The van der Waals surface area contributed by atoms with Gasteiger partial charge in [-0.2, -0.15) is 0 Å². The van der Waals surface area contributed by atoms with Crippen LogP contribution in [0, 0.1) is 5.92 Å². The second kappa shape index (κ2) is 8.17. The van der Waals surface area contributed by atoms with Gasteiger partial charge in [0.1, 0.15) is 5.75 Å². The molecule has 2 unspecified atom stereocenters. The Morgan fingerprint density at radius 1 is 1.44 bits per heavy atom. The van der Waals surface area contributed by atoms with Crippen molar-refractivity contribution in [2.75, 3.05) is 32.2 Å². The summed E-state index contributed by atoms with van der Waals surface area (Å²) < 4.78 is 10.00. The molecule has 1 aliphatic rings. The number of amides is 2. The van der Waals surface area contributed by atoms with Gasteiger partial charge in [0.15, 0.2) is 6.10 Å². The zero-order valence-corrected chi connectivity index (χ0v) is 14.6. The standard InChI is InChI=1S/C16H19ClN2O6/c1-24-12-4-3-10(17)6-11(12)19-8-9(5-14(19)20)15(21)18-7-13(25-2)16(22)23/h3-4,6,9,13H,5,7-8H2,1-2H3,(H,18,21)(H,22,23). The maximum Gasteiger partial charge on any atom is 0.334 e. The van der Waals surface area contributed by atoms with Gasteiger partial charge in [-0.3, -0.25) is 9.59 Å². The molecule has 1 heterocycles. The average molecular weight is 371 g/mol. The van der Waals surface area contributed by atoms with Crippen LogP contribution in [0.1, 0.15) is 6.42 Å². The van der Waals surface area contributed by atoms with E-state index in [1.54, 1.807) is 18.2 Å². The number of carboxylic acids is 1. The molecule has 0 saturated carbocycles. The molecule has 9 heteroatoms. The number of rotatable bonds is 7. The summed E-state index contributed by atoms with van der Waals surface area (Å²) >= 11 is 5.99. The molecule has 1 saturated heterocycles. The van der Waals surface area contributed by atoms with E-state index in [9.17, 15) is 14.4 Å². The van der Waals surface area contributed by atoms with E-state index in [1.807, 2.05) is 0 Å². The van der Waals surface area contributed by atoms with Crippen molar-refractivity contribution >= 4 is 35.1 Å². The molecule has 8 nitrogen and oxygen atoms in total. The number of carbonyl (C=O) groups excluding carboxylic acids is 2. The van der Waals surface area contributed by atoms with Gasteiger partial charge in [-0.15, -0.1) is 0 Å². The molecule has 0 radical (unpaired) electrons. The molecule has 25 heavy (non-hydrogen) atoms. The minimum Gasteiger partial charge on any atom is -0.495 e. The number of aliphatic carboxylic acids is 1. The molecule has 1 aliphatic heterocycles. The second-order valence-electron chi connectivity index (χ2n) is 5.53. The summed E-state index contributed by atoms with van der Waals surface area (Å²) in [5, 5.41) is 11.9. The number of anilines is 1. The highest BCUT2D eigenvalue weighted by molar-refractivity contribution is 6.31. The molecule has 2 atom stereocenters. The Balaban J connectivity index is 2.06. The van der Waals surface area contributed by atoms with Crippen molar-refractivity contribution in [1.29, 1.82) is 0 Å². The van der Waals surface area contributed by atoms with E-state index in [0.29, 0.717) is 16.5 Å². The molecule has 0 spiro atoms. The molecule has 2 amide bonds. The van der Waals surface area contributed by atoms with Crippen LogP contribution in [0.3, 0.4) is 0 Å². The minimum absolute atomic E-state index is 0.0201. The molecule has 1 fully saturated rings. The summed E-state index contributed by atoms with van der Waals surface area (Å²) in [6.45, 7) is -0.0120. The topological polar surface area (TPSA) is 105 Å². The van der Waals surface area contributed by atoms with Crippen molar-refractivity contribution in [3.63, 3.8) is 0 Å². The predicted molar refractivity (Wildman–Crippen MR) is 89.9 cm³/mol. The van der Waals surface area contributed by atoms with E-state index in [1.165, 1.54) is 19.1 Å². The highest BCUT2D eigenvalue weighted by Crippen LogP contribution is 2.35. The molecule has 0 bridgehead atoms. The van der Waals surface area contributed by atoms with Gasteiger partial charge in [0, 0.05) is 25.1 Å². The first-order chi connectivity index (χ1) is 11.9. The summed E-state index contributed by atoms with van der Waals surface area (Å²) in [5.74, 6) is -1.93. The van der Waals surface area contributed by atoms with Crippen molar-refractivity contribution in [2.45, 2.75) is 12.5 Å². The average Bonchev–Trinajstić information content (AvgIpc) is 2.96. The van der Waals surface area contributed by atoms with Gasteiger partial charge >= 0.3 is 5.97 Å². The fraction of sp³-hybridized carbons (Fsp3) is 0.438. The van der Waals surface area contributed by atoms with Gasteiger partial charge in [0.05, 0.1) is 25.3 Å². The number of hydrogen-bond acceptors (Lipinski definition) is 5. The van der Waals surface area contributed by atoms with E-state index in [-0.39, 0.29) is 25.4 Å². The number of halogens is 1. The molecule has 1 aromatic rings. The van der Waals surface area contributed by atoms with E-state index < -0.39 is 23.9 Å². The van der Waals surface area contributed by atoms with Crippen LogP contribution in [0.5, 0.6) is 5.75 Å². The van der Waals surface area contributed by atoms with Crippen LogP contribution in [0.4, 0.5) is 5.69 Å². The third kappa shape index (κ3) is 4.40. The second-order valence-corrected chi connectivity index (χ2v) is 5.97. The van der Waals surface area contributed by atoms with Gasteiger partial charge in [-0.1, -0.05) is 11.6 Å². The Labute approximate surface area is 149 Å². The van der Waals surface area contributed by atoms with Crippen LogP contribution in [-0.4, -0.2) is 56.3 Å². The molecule has 0 aliphatic carbocycles. The maximum atomic E-state index is 12.3. The van der Waals surface area contributed by atoms with E-state index in [0.717, 1.165) is 0 Å². The molecular weight excluding hydrogens is 352 g/mol. The number of carboxylic acid groups (broad SMARTS) is 1. The van der Waals surface area contributed by atoms with Crippen LogP contribution in [-0.2, 0) is 19.1 Å². The van der Waals surface area contributed by atoms with Crippen molar-refractivity contribution in [1.82, 2.24) is 5.32 Å². The molecule has 2 rings (SSSR count). The normalized spacial score (nSPS) is 18.1. The number of ether oxygens (including phenoxy) is 2. The lowest BCUT2D eigenvalue weighted by Crippen LogP contribution is -2.41. The Morgan fingerprint density at radius 3 is 2.76 bits per heavy atom. The van der Waals surface area contributed by atoms with Crippen molar-refractivity contribution in [3.05, 3.63) is 23.2 Å². The van der Waals surface area contributed by atoms with Crippen LogP contribution < -0.4 is 15.0 Å². The van der Waals surface area contributed by atoms with Gasteiger partial charge in [-0.25, -0.2) is 4.79 Å². The summed E-state index contributed by atoms with van der Waals surface area (Å²) in [6, 6.07) is 4.89. The number of methoxy groups -OCH3 is 2. The smallest absolute Gasteiger partial charge is 0.334 e. The van der Waals surface area contributed by atoms with Gasteiger partial charge < -0.3 is 24.8 Å². The van der Waals surface area contributed by atoms with Crippen molar-refractivity contribution < 1.29 is 29.0 Å². The Morgan fingerprint density at radius 2 is 2.16 bits per heavy atom. The quantitative estimate of drug-likeness (QED) is 0.739. The lowest BCUT2D eigenvalue weighted by Gasteiger charge is -2.20. The predicted octanol–water partition coefficient (Wildman–Crippen LogP) is 0.917. The number of nitrogens with one attached hydrogen (secondary N) is 1. The first-order valence-corrected chi connectivity index (χ1v) is 7.92. The molecule has 1 aromatic carbocycles. The Kier molecular flexibility index (Phi) is 6.22. The zero-order valence-electron chi connectivity index (χ0n) is 13.8. The summed E-state index contributed by atoms with van der Waals surface area (Å²) in [4.78, 5) is 36.9. The SMILES string of the molecule is COc1ccc(Cl)cc1N1CC(C(=O)NCC(OC)C(=O)O)CC1=O. The van der Waals surface area contributed by atoms with Crippen molar-refractivity contribution in [2.24, 2.45) is 5.92 Å². The minimum atomic E-state index is -1.17. The lowest BCUT2D eigenvalue weighted by molar-refractivity contribution is -0.148. The van der Waals surface area contributed by atoms with Gasteiger partial charge in [0.25, 0.3) is 0 Å². The fourth-order valence-electron chi connectivity index (χ4n) is 2.60. The zero-order chi connectivity index (χ0) is 18.6. The van der Waals surface area contributed by atoms with Crippen LogP contribution >= 0.6 is 11.6 Å². The van der Waals surface area contributed by atoms with Crippen molar-refractivity contribution in [3.8, 4) is 5.75 Å². The highest BCUT2D eigenvalue weighted by atomic mass is 35.5. The summed E-state index contributed by atoms with van der Waals surface area (Å²) in [7, 11) is 2.73. The number of nitrogens with zero attached hydrogens (tertiary/aromatic N) is 1. The van der Waals surface area contributed by atoms with E-state index in [4.69, 9.17) is 26.2 Å². The fourth-order valence-corrected chi connectivity index (χ4v) is 2.77. The molecular formula is C16H19ClN2O6. The molecule has 136 valence electrons. The van der Waals surface area contributed by atoms with Crippen LogP contribution in [0.25, 0.3) is 0 Å². The van der Waals surface area contributed by atoms with Crippen LogP contribution in [0.15, 0.2) is 18.2 Å². The third-order valence-electron chi connectivity index (χ3n) is 3.95. The molecule has 0 aromatic heterocycles. The van der Waals surface area contributed by atoms with E-state index >= 15 is 0 Å². The summed E-state index contributed by atoms with van der Waals surface area (Å²) in [6.07, 6.45) is -1.11. The third-order valence-corrected chi connectivity index (χ3v) is 4.18. The Hall–Kier alpha value is -2.32. The van der Waals surface area contributed by atoms with Crippen LogP contribution in [0.2, 0.25) is 5.02 Å². The molecule has 2 N–H and O–H groups in total. The number of benzene rings is 1. The monoisotopic (exact) mass is 370 g/mol.